The van der Waals surface area contributed by atoms with E-state index >= 15 is 0 Å². The molecule has 0 bridgehead atoms. The van der Waals surface area contributed by atoms with Crippen molar-refractivity contribution >= 4 is 23.2 Å². The van der Waals surface area contributed by atoms with Crippen molar-refractivity contribution in [1.82, 2.24) is 15.8 Å². The third-order valence-corrected chi connectivity index (χ3v) is 5.17. The smallest absolute Gasteiger partial charge is 0.281 e. The van der Waals surface area contributed by atoms with Gasteiger partial charge in [-0.15, -0.1) is 11.3 Å². The second-order valence-electron chi connectivity index (χ2n) is 5.77. The number of thiazole rings is 1. The van der Waals surface area contributed by atoms with Gasteiger partial charge in [0.25, 0.3) is 11.8 Å². The summed E-state index contributed by atoms with van der Waals surface area (Å²) in [5, 5.41) is 0.740. The van der Waals surface area contributed by atoms with E-state index in [9.17, 15) is 9.59 Å². The van der Waals surface area contributed by atoms with Crippen LogP contribution in [0, 0.1) is 6.92 Å². The van der Waals surface area contributed by atoms with Gasteiger partial charge in [-0.1, -0.05) is 30.3 Å². The molecule has 0 aliphatic heterocycles. The molecular weight excluding hydrogens is 378 g/mol. The summed E-state index contributed by atoms with van der Waals surface area (Å²) in [6, 6.07) is 14.4. The Morgan fingerprint density at radius 2 is 1.68 bits per heavy atom. The molecule has 144 valence electrons. The molecule has 0 aliphatic rings. The molecule has 1 heterocycles. The number of hydrazine groups is 1. The highest BCUT2D eigenvalue weighted by Crippen LogP contribution is 2.27. The monoisotopic (exact) mass is 397 g/mol. The maximum atomic E-state index is 12.5. The van der Waals surface area contributed by atoms with Crippen LogP contribution in [0.5, 0.6) is 11.5 Å². The number of hydrogen-bond acceptors (Lipinski definition) is 6. The highest BCUT2D eigenvalue weighted by Gasteiger charge is 2.18. The molecule has 3 rings (SSSR count). The van der Waals surface area contributed by atoms with E-state index in [4.69, 9.17) is 9.47 Å². The molecular formula is C20H19N3O4S. The van der Waals surface area contributed by atoms with Gasteiger partial charge >= 0.3 is 0 Å². The van der Waals surface area contributed by atoms with Crippen LogP contribution < -0.4 is 20.3 Å². The Hall–Kier alpha value is -3.39. The zero-order chi connectivity index (χ0) is 20.1. The van der Waals surface area contributed by atoms with Crippen LogP contribution in [0.25, 0.3) is 10.6 Å². The van der Waals surface area contributed by atoms with Gasteiger partial charge in [0.2, 0.25) is 0 Å². The SMILES string of the molecule is COc1ccc(OC)c(C(=O)NNC(=O)c2sc(-c3ccccc3)nc2C)c1. The number of rotatable bonds is 5. The van der Waals surface area contributed by atoms with Gasteiger partial charge in [0, 0.05) is 5.56 Å². The number of hydrogen-bond donors (Lipinski definition) is 2. The normalized spacial score (nSPS) is 10.2. The van der Waals surface area contributed by atoms with Crippen LogP contribution in [0.4, 0.5) is 0 Å². The zero-order valence-electron chi connectivity index (χ0n) is 15.6. The van der Waals surface area contributed by atoms with Crippen molar-refractivity contribution in [2.75, 3.05) is 14.2 Å². The summed E-state index contributed by atoms with van der Waals surface area (Å²) in [7, 11) is 2.96. The van der Waals surface area contributed by atoms with Crippen molar-refractivity contribution in [3.63, 3.8) is 0 Å². The lowest BCUT2D eigenvalue weighted by Gasteiger charge is -2.11. The topological polar surface area (TPSA) is 89.5 Å². The zero-order valence-corrected chi connectivity index (χ0v) is 16.4. The molecule has 8 heteroatoms. The van der Waals surface area contributed by atoms with Crippen LogP contribution in [-0.2, 0) is 0 Å². The van der Waals surface area contributed by atoms with Gasteiger partial charge < -0.3 is 9.47 Å². The van der Waals surface area contributed by atoms with E-state index in [2.05, 4.69) is 15.8 Å². The van der Waals surface area contributed by atoms with Gasteiger partial charge in [0.1, 0.15) is 21.4 Å². The number of carbonyl (C=O) groups is 2. The van der Waals surface area contributed by atoms with E-state index in [-0.39, 0.29) is 5.56 Å². The highest BCUT2D eigenvalue weighted by molar-refractivity contribution is 7.17. The second-order valence-corrected chi connectivity index (χ2v) is 6.77. The Kier molecular flexibility index (Phi) is 5.90. The van der Waals surface area contributed by atoms with Crippen LogP contribution in [-0.4, -0.2) is 31.0 Å². The van der Waals surface area contributed by atoms with Gasteiger partial charge in [-0.3, -0.25) is 20.4 Å². The lowest BCUT2D eigenvalue weighted by Crippen LogP contribution is -2.41. The van der Waals surface area contributed by atoms with Crippen molar-refractivity contribution in [1.29, 1.82) is 0 Å². The molecule has 7 nitrogen and oxygen atoms in total. The lowest BCUT2D eigenvalue weighted by atomic mass is 10.2. The van der Waals surface area contributed by atoms with Crippen LogP contribution in [0.2, 0.25) is 0 Å². The summed E-state index contributed by atoms with van der Waals surface area (Å²) in [4.78, 5) is 29.9. The van der Waals surface area contributed by atoms with E-state index in [0.717, 1.165) is 10.6 Å². The lowest BCUT2D eigenvalue weighted by molar-refractivity contribution is 0.0846. The van der Waals surface area contributed by atoms with E-state index in [1.807, 2.05) is 30.3 Å². The predicted octanol–water partition coefficient (Wildman–Crippen LogP) is 3.21. The average Bonchev–Trinajstić information content (AvgIpc) is 3.13. The quantitative estimate of drug-likeness (QED) is 0.646. The molecule has 0 radical (unpaired) electrons. The number of carbonyl (C=O) groups excluding carboxylic acids is 2. The van der Waals surface area contributed by atoms with Gasteiger partial charge in [0.15, 0.2) is 0 Å². The Morgan fingerprint density at radius 1 is 0.964 bits per heavy atom. The fourth-order valence-electron chi connectivity index (χ4n) is 2.54. The molecule has 28 heavy (non-hydrogen) atoms. The van der Waals surface area contributed by atoms with Crippen molar-refractivity contribution in [2.45, 2.75) is 6.92 Å². The first-order valence-corrected chi connectivity index (χ1v) is 9.20. The second kappa shape index (κ2) is 8.53. The summed E-state index contributed by atoms with van der Waals surface area (Å²) >= 11 is 1.26. The van der Waals surface area contributed by atoms with Gasteiger partial charge in [-0.25, -0.2) is 4.98 Å². The number of benzene rings is 2. The fourth-order valence-corrected chi connectivity index (χ4v) is 3.51. The number of nitrogens with one attached hydrogen (secondary N) is 2. The van der Waals surface area contributed by atoms with E-state index in [1.165, 1.54) is 31.6 Å². The summed E-state index contributed by atoms with van der Waals surface area (Å²) < 4.78 is 10.3. The minimum atomic E-state index is -0.519. The van der Waals surface area contributed by atoms with Crippen LogP contribution >= 0.6 is 11.3 Å². The van der Waals surface area contributed by atoms with Gasteiger partial charge in [-0.05, 0) is 25.1 Å². The van der Waals surface area contributed by atoms with Gasteiger partial charge in [-0.2, -0.15) is 0 Å². The molecule has 2 amide bonds. The van der Waals surface area contributed by atoms with E-state index in [1.54, 1.807) is 19.1 Å². The summed E-state index contributed by atoms with van der Waals surface area (Å²) in [5.41, 5.74) is 6.60. The molecule has 0 atom stereocenters. The number of aromatic nitrogens is 1. The number of methoxy groups -OCH3 is 2. The van der Waals surface area contributed by atoms with Crippen molar-refractivity contribution in [3.8, 4) is 22.1 Å². The highest BCUT2D eigenvalue weighted by atomic mass is 32.1. The molecule has 2 aromatic carbocycles. The van der Waals surface area contributed by atoms with Gasteiger partial charge in [0.05, 0.1) is 25.5 Å². The van der Waals surface area contributed by atoms with E-state index < -0.39 is 11.8 Å². The standard InChI is InChI=1S/C20H19N3O4S/c1-12-17(28-20(21-12)13-7-5-4-6-8-13)19(25)23-22-18(24)15-11-14(26-2)9-10-16(15)27-3/h4-11H,1-3H3,(H,22,24)(H,23,25). The molecule has 2 N–H and O–H groups in total. The Balaban J connectivity index is 1.73. The van der Waals surface area contributed by atoms with Crippen molar-refractivity contribution in [2.24, 2.45) is 0 Å². The molecule has 0 unspecified atom stereocenters. The van der Waals surface area contributed by atoms with Crippen molar-refractivity contribution < 1.29 is 19.1 Å². The molecule has 3 aromatic rings. The number of aryl methyl sites for hydroxylation is 1. The molecule has 0 saturated carbocycles. The third kappa shape index (κ3) is 4.12. The maximum Gasteiger partial charge on any atom is 0.281 e. The minimum Gasteiger partial charge on any atom is -0.497 e. The molecule has 0 aliphatic carbocycles. The average molecular weight is 397 g/mol. The molecule has 0 saturated heterocycles. The van der Waals surface area contributed by atoms with Crippen molar-refractivity contribution in [3.05, 3.63) is 64.7 Å². The molecule has 1 aromatic heterocycles. The summed E-state index contributed by atoms with van der Waals surface area (Å²) in [6.45, 7) is 1.75. The third-order valence-electron chi connectivity index (χ3n) is 3.96. The minimum absolute atomic E-state index is 0.244. The first-order valence-electron chi connectivity index (χ1n) is 8.39. The largest absolute Gasteiger partial charge is 0.497 e. The number of amides is 2. The number of nitrogens with zero attached hydrogens (tertiary/aromatic N) is 1. The maximum absolute atomic E-state index is 12.5. The summed E-state index contributed by atoms with van der Waals surface area (Å²) in [6.07, 6.45) is 0. The Labute approximate surface area is 166 Å². The Bertz CT molecular complexity index is 1000. The van der Waals surface area contributed by atoms with Crippen LogP contribution in [0.1, 0.15) is 25.7 Å². The first-order chi connectivity index (χ1) is 13.5. The predicted molar refractivity (Wildman–Crippen MR) is 107 cm³/mol. The number of ether oxygens (including phenoxy) is 2. The first kappa shape index (κ1) is 19.4. The Morgan fingerprint density at radius 3 is 2.36 bits per heavy atom. The van der Waals surface area contributed by atoms with E-state index in [0.29, 0.717) is 22.1 Å². The molecule has 0 spiro atoms. The summed E-state index contributed by atoms with van der Waals surface area (Å²) in [5.74, 6) is -0.0853. The van der Waals surface area contributed by atoms with Crippen LogP contribution in [0.3, 0.4) is 0 Å². The fraction of sp³-hybridized carbons (Fsp3) is 0.150. The molecule has 0 fully saturated rings. The van der Waals surface area contributed by atoms with Crippen LogP contribution in [0.15, 0.2) is 48.5 Å².